The number of hydrogen-bond acceptors (Lipinski definition) is 0. The largest absolute Gasteiger partial charge is 0.160 e. The molecule has 3 heteroatoms. The standard InChI is InChI=1S/2C21H16P.C14H14.Hf/c2*1-3-11-19(12-4-1)22(20-13-5-2-6-14-20)21-15-17-9-7-8-10-18(17)16-21;1-3-7-13(8-4-1)11-12-14-9-5-2-6-10-14;/h2*1-16H;1-10H,11-12H2;/q2*-1;;. The minimum absolute atomic E-state index is 0. The van der Waals surface area contributed by atoms with Gasteiger partial charge in [0.15, 0.2) is 0 Å². The Labute approximate surface area is 371 Å². The van der Waals surface area contributed by atoms with Gasteiger partial charge < -0.3 is 0 Å². The maximum Gasteiger partial charge on any atom is 0 e. The molecule has 0 amide bonds. The molecule has 59 heavy (non-hydrogen) atoms. The van der Waals surface area contributed by atoms with Gasteiger partial charge in [0.1, 0.15) is 0 Å². The van der Waals surface area contributed by atoms with E-state index in [1.807, 2.05) is 0 Å². The zero-order chi connectivity index (χ0) is 39.2. The Morgan fingerprint density at radius 3 is 0.831 bits per heavy atom. The zero-order valence-corrected chi connectivity index (χ0v) is 38.4. The molecular formula is C56H46HfP2-2. The van der Waals surface area contributed by atoms with Crippen molar-refractivity contribution < 1.29 is 25.8 Å². The van der Waals surface area contributed by atoms with Gasteiger partial charge in [-0.05, 0) is 61.0 Å². The molecule has 0 N–H and O–H groups in total. The van der Waals surface area contributed by atoms with Crippen molar-refractivity contribution in [2.45, 2.75) is 12.8 Å². The van der Waals surface area contributed by atoms with Crippen LogP contribution in [0.1, 0.15) is 11.1 Å². The summed E-state index contributed by atoms with van der Waals surface area (Å²) in [5, 5.41) is 13.8. The number of aryl methyl sites for hydroxylation is 2. The molecule has 0 aliphatic heterocycles. The van der Waals surface area contributed by atoms with Crippen molar-refractivity contribution in [3.05, 3.63) is 266 Å². The fourth-order valence-electron chi connectivity index (χ4n) is 7.31. The first-order chi connectivity index (χ1) is 28.8. The maximum atomic E-state index is 2.35. The van der Waals surface area contributed by atoms with Gasteiger partial charge in [-0.3, -0.25) is 0 Å². The quantitative estimate of drug-likeness (QED) is 0.0768. The summed E-state index contributed by atoms with van der Waals surface area (Å²) in [7, 11) is -0.986. The molecule has 0 saturated heterocycles. The molecule has 0 unspecified atom stereocenters. The monoisotopic (exact) mass is 960 g/mol. The Kier molecular flexibility index (Phi) is 15.3. The Morgan fingerprint density at radius 2 is 0.542 bits per heavy atom. The summed E-state index contributed by atoms with van der Waals surface area (Å²) in [5.74, 6) is 0. The Balaban J connectivity index is 0.000000137. The van der Waals surface area contributed by atoms with Gasteiger partial charge in [-0.15, -0.1) is 80.7 Å². The van der Waals surface area contributed by atoms with Crippen molar-refractivity contribution in [1.82, 2.24) is 0 Å². The Hall–Kier alpha value is -5.29. The fraction of sp³-hybridized carbons (Fsp3) is 0.0357. The summed E-state index contributed by atoms with van der Waals surface area (Å²) in [5.41, 5.74) is 2.83. The fourth-order valence-corrected chi connectivity index (χ4v) is 12.0. The van der Waals surface area contributed by atoms with Crippen LogP contribution in [-0.4, -0.2) is 0 Å². The minimum atomic E-state index is -0.493. The molecule has 10 aromatic rings. The average Bonchev–Trinajstić information content (AvgIpc) is 3.93. The van der Waals surface area contributed by atoms with Crippen LogP contribution in [0, 0.1) is 0 Å². The molecule has 0 atom stereocenters. The van der Waals surface area contributed by atoms with E-state index in [0.29, 0.717) is 0 Å². The molecule has 0 aromatic heterocycles. The van der Waals surface area contributed by atoms with Gasteiger partial charge in [-0.2, -0.15) is 12.1 Å². The van der Waals surface area contributed by atoms with Crippen molar-refractivity contribution in [2.24, 2.45) is 0 Å². The number of fused-ring (bicyclic) bond motifs is 2. The van der Waals surface area contributed by atoms with Gasteiger partial charge in [-0.25, -0.2) is 0 Å². The van der Waals surface area contributed by atoms with Gasteiger partial charge in [0.2, 0.25) is 0 Å². The van der Waals surface area contributed by atoms with Crippen LogP contribution in [0.3, 0.4) is 0 Å². The molecule has 0 bridgehead atoms. The van der Waals surface area contributed by atoms with Crippen molar-refractivity contribution in [2.75, 3.05) is 0 Å². The molecule has 0 spiro atoms. The van der Waals surface area contributed by atoms with Crippen LogP contribution >= 0.6 is 15.8 Å². The van der Waals surface area contributed by atoms with Crippen LogP contribution in [-0.2, 0) is 38.7 Å². The van der Waals surface area contributed by atoms with Crippen molar-refractivity contribution in [3.63, 3.8) is 0 Å². The summed E-state index contributed by atoms with van der Waals surface area (Å²) in [4.78, 5) is 0. The number of rotatable bonds is 9. The van der Waals surface area contributed by atoms with Crippen LogP contribution in [0.2, 0.25) is 0 Å². The van der Waals surface area contributed by atoms with E-state index in [9.17, 15) is 0 Å². The van der Waals surface area contributed by atoms with Gasteiger partial charge in [0, 0.05) is 25.8 Å². The molecular weight excluding hydrogens is 913 g/mol. The van der Waals surface area contributed by atoms with Gasteiger partial charge >= 0.3 is 0 Å². The summed E-state index contributed by atoms with van der Waals surface area (Å²) < 4.78 is 0. The molecule has 0 heterocycles. The van der Waals surface area contributed by atoms with E-state index in [0.717, 1.165) is 12.8 Å². The Bertz CT molecular complexity index is 2370. The van der Waals surface area contributed by atoms with Crippen LogP contribution in [0.25, 0.3) is 21.5 Å². The number of hydrogen-bond donors (Lipinski definition) is 0. The van der Waals surface area contributed by atoms with E-state index >= 15 is 0 Å². The summed E-state index contributed by atoms with van der Waals surface area (Å²) in [6.07, 6.45) is 2.26. The molecule has 10 rings (SSSR count). The molecule has 286 valence electrons. The minimum Gasteiger partial charge on any atom is -0.160 e. The first kappa shape index (κ1) is 41.9. The predicted molar refractivity (Wildman–Crippen MR) is 257 cm³/mol. The van der Waals surface area contributed by atoms with E-state index < -0.39 is 15.8 Å². The molecule has 0 saturated carbocycles. The maximum absolute atomic E-state index is 2.35. The normalized spacial score (nSPS) is 10.7. The summed E-state index contributed by atoms with van der Waals surface area (Å²) in [6, 6.07) is 91.3. The zero-order valence-electron chi connectivity index (χ0n) is 33.1. The second-order valence-corrected chi connectivity index (χ2v) is 18.6. The molecule has 0 aliphatic rings. The third-order valence-electron chi connectivity index (χ3n) is 10.2. The molecule has 0 fully saturated rings. The second kappa shape index (κ2) is 21.6. The SMILES string of the molecule is [Hf].c1ccc(CCc2ccccc2)cc1.c1ccc(P(c2ccccc2)c2cc3ccccc3[cH-]2)cc1.c1ccc(P(c2ccccc2)c2cc3ccccc3[cH-]2)cc1. The predicted octanol–water partition coefficient (Wildman–Crippen LogP) is 12.1. The third-order valence-corrected chi connectivity index (χ3v) is 15.0. The molecule has 0 radical (unpaired) electrons. The van der Waals surface area contributed by atoms with Gasteiger partial charge in [0.25, 0.3) is 0 Å². The molecule has 0 aliphatic carbocycles. The van der Waals surface area contributed by atoms with E-state index in [1.165, 1.54) is 64.5 Å². The van der Waals surface area contributed by atoms with Crippen LogP contribution in [0.4, 0.5) is 0 Å². The van der Waals surface area contributed by atoms with Crippen LogP contribution in [0.15, 0.2) is 255 Å². The van der Waals surface area contributed by atoms with E-state index in [4.69, 9.17) is 0 Å². The Morgan fingerprint density at radius 1 is 0.288 bits per heavy atom. The molecule has 10 aromatic carbocycles. The van der Waals surface area contributed by atoms with E-state index in [-0.39, 0.29) is 25.8 Å². The van der Waals surface area contributed by atoms with Gasteiger partial charge in [0.05, 0.1) is 0 Å². The smallest absolute Gasteiger partial charge is 0 e. The van der Waals surface area contributed by atoms with Crippen molar-refractivity contribution in [3.8, 4) is 0 Å². The van der Waals surface area contributed by atoms with Crippen LogP contribution in [0.5, 0.6) is 0 Å². The van der Waals surface area contributed by atoms with E-state index in [1.54, 1.807) is 0 Å². The van der Waals surface area contributed by atoms with Crippen LogP contribution < -0.4 is 31.8 Å². The second-order valence-electron chi connectivity index (χ2n) is 14.2. The first-order valence-corrected chi connectivity index (χ1v) is 22.7. The van der Waals surface area contributed by atoms with Crippen molar-refractivity contribution >= 4 is 69.2 Å². The molecule has 0 nitrogen and oxygen atoms in total. The third kappa shape index (κ3) is 11.3. The topological polar surface area (TPSA) is 0 Å². The summed E-state index contributed by atoms with van der Waals surface area (Å²) in [6.45, 7) is 0. The van der Waals surface area contributed by atoms with E-state index in [2.05, 4.69) is 255 Å². The summed E-state index contributed by atoms with van der Waals surface area (Å²) >= 11 is 0. The number of benzene rings is 8. The average molecular weight is 959 g/mol. The van der Waals surface area contributed by atoms with Gasteiger partial charge in [-0.1, -0.05) is 194 Å². The first-order valence-electron chi connectivity index (χ1n) is 20.0. The van der Waals surface area contributed by atoms with Crippen molar-refractivity contribution in [1.29, 1.82) is 0 Å².